The lowest BCUT2D eigenvalue weighted by Crippen LogP contribution is -2.15. The van der Waals surface area contributed by atoms with Crippen LogP contribution >= 0.6 is 23.2 Å². The molecule has 33 heavy (non-hydrogen) atoms. The molecule has 1 heterocycles. The Morgan fingerprint density at radius 1 is 0.909 bits per heavy atom. The fourth-order valence-electron chi connectivity index (χ4n) is 3.05. The van der Waals surface area contributed by atoms with Crippen molar-refractivity contribution in [3.05, 3.63) is 97.8 Å². The summed E-state index contributed by atoms with van der Waals surface area (Å²) in [5.74, 6) is -2.16. The molecule has 0 bridgehead atoms. The summed E-state index contributed by atoms with van der Waals surface area (Å²) in [6, 6.07) is 15.2. The molecule has 0 atom stereocenters. The third kappa shape index (κ3) is 5.10. The zero-order valence-electron chi connectivity index (χ0n) is 17.0. The van der Waals surface area contributed by atoms with Gasteiger partial charge in [-0.3, -0.25) is 4.79 Å². The maximum atomic E-state index is 13.7. The lowest BCUT2D eigenvalue weighted by molar-refractivity contribution is -0.154. The maximum Gasteiger partial charge on any atom is 0.453 e. The van der Waals surface area contributed by atoms with Gasteiger partial charge < -0.3 is 13.9 Å². The summed E-state index contributed by atoms with van der Waals surface area (Å²) >= 11 is 11.9. The Balaban J connectivity index is 1.70. The van der Waals surface area contributed by atoms with Gasteiger partial charge in [-0.15, -0.1) is 0 Å². The number of rotatable bonds is 5. The standard InChI is InChI=1S/C24H15Cl2F3O4/c1-13-2-5-15(6-3-13)32-22-21(30)17-8-7-16(11-20(17)33-23(22)24(27,28)29)31-12-14-4-9-18(25)19(26)10-14/h2-11H,12H2,1H3. The summed E-state index contributed by atoms with van der Waals surface area (Å²) in [5.41, 5.74) is 0.358. The summed E-state index contributed by atoms with van der Waals surface area (Å²) in [7, 11) is 0. The van der Waals surface area contributed by atoms with Crippen molar-refractivity contribution in [2.45, 2.75) is 19.7 Å². The Kier molecular flexibility index (Phi) is 6.28. The van der Waals surface area contributed by atoms with Crippen LogP contribution in [0.5, 0.6) is 17.2 Å². The molecule has 0 radical (unpaired) electrons. The highest BCUT2D eigenvalue weighted by Gasteiger charge is 2.40. The van der Waals surface area contributed by atoms with Gasteiger partial charge >= 0.3 is 6.18 Å². The number of fused-ring (bicyclic) bond motifs is 1. The first kappa shape index (κ1) is 23.0. The Hall–Kier alpha value is -3.16. The van der Waals surface area contributed by atoms with E-state index in [1.807, 2.05) is 6.92 Å². The minimum atomic E-state index is -4.95. The predicted octanol–water partition coefficient (Wildman–Crippen LogP) is 7.80. The molecule has 0 aliphatic carbocycles. The monoisotopic (exact) mass is 494 g/mol. The van der Waals surface area contributed by atoms with Crippen molar-refractivity contribution >= 4 is 34.2 Å². The molecule has 0 amide bonds. The van der Waals surface area contributed by atoms with Crippen LogP contribution in [0.25, 0.3) is 11.0 Å². The van der Waals surface area contributed by atoms with E-state index < -0.39 is 23.1 Å². The van der Waals surface area contributed by atoms with Crippen molar-refractivity contribution in [3.8, 4) is 17.2 Å². The quantitative estimate of drug-likeness (QED) is 0.284. The predicted molar refractivity (Wildman–Crippen MR) is 120 cm³/mol. The zero-order valence-corrected chi connectivity index (χ0v) is 18.5. The van der Waals surface area contributed by atoms with Gasteiger partial charge in [-0.25, -0.2) is 0 Å². The van der Waals surface area contributed by atoms with Gasteiger partial charge in [0, 0.05) is 6.07 Å². The molecule has 0 saturated carbocycles. The molecule has 0 aliphatic rings. The molecule has 3 aromatic carbocycles. The van der Waals surface area contributed by atoms with Crippen LogP contribution < -0.4 is 14.9 Å². The molecule has 0 saturated heterocycles. The third-order valence-corrected chi connectivity index (χ3v) is 5.45. The van der Waals surface area contributed by atoms with Gasteiger partial charge in [0.25, 0.3) is 5.76 Å². The van der Waals surface area contributed by atoms with Crippen LogP contribution in [0.2, 0.25) is 10.0 Å². The van der Waals surface area contributed by atoms with Crippen molar-refractivity contribution in [2.24, 2.45) is 0 Å². The van der Waals surface area contributed by atoms with Crippen molar-refractivity contribution in [3.63, 3.8) is 0 Å². The molecule has 9 heteroatoms. The highest BCUT2D eigenvalue weighted by Crippen LogP contribution is 2.38. The molecule has 0 N–H and O–H groups in total. The number of hydrogen-bond donors (Lipinski definition) is 0. The molecule has 4 nitrogen and oxygen atoms in total. The molecule has 4 aromatic rings. The lowest BCUT2D eigenvalue weighted by Gasteiger charge is -2.14. The zero-order chi connectivity index (χ0) is 23.8. The number of ether oxygens (including phenoxy) is 2. The van der Waals surface area contributed by atoms with E-state index in [9.17, 15) is 18.0 Å². The van der Waals surface area contributed by atoms with E-state index in [2.05, 4.69) is 0 Å². The van der Waals surface area contributed by atoms with E-state index in [1.165, 1.54) is 30.3 Å². The minimum Gasteiger partial charge on any atom is -0.489 e. The molecular weight excluding hydrogens is 480 g/mol. The fraction of sp³-hybridized carbons (Fsp3) is 0.125. The van der Waals surface area contributed by atoms with Gasteiger partial charge in [-0.1, -0.05) is 47.0 Å². The van der Waals surface area contributed by atoms with Crippen molar-refractivity contribution in [2.75, 3.05) is 0 Å². The van der Waals surface area contributed by atoms with Gasteiger partial charge in [0.2, 0.25) is 11.2 Å². The second kappa shape index (κ2) is 9.00. The normalized spacial score (nSPS) is 11.6. The van der Waals surface area contributed by atoms with E-state index in [1.54, 1.807) is 30.3 Å². The number of aryl methyl sites for hydroxylation is 1. The van der Waals surface area contributed by atoms with Gasteiger partial charge in [0.05, 0.1) is 15.4 Å². The first-order valence-electron chi connectivity index (χ1n) is 9.61. The Labute approximate surface area is 196 Å². The summed E-state index contributed by atoms with van der Waals surface area (Å²) in [5, 5.41) is 0.654. The highest BCUT2D eigenvalue weighted by molar-refractivity contribution is 6.42. The maximum absolute atomic E-state index is 13.7. The van der Waals surface area contributed by atoms with E-state index in [-0.39, 0.29) is 29.1 Å². The Morgan fingerprint density at radius 3 is 2.27 bits per heavy atom. The molecule has 0 spiro atoms. The topological polar surface area (TPSA) is 48.7 Å². The number of alkyl halides is 3. The van der Waals surface area contributed by atoms with E-state index >= 15 is 0 Å². The second-order valence-electron chi connectivity index (χ2n) is 7.20. The smallest absolute Gasteiger partial charge is 0.453 e. The van der Waals surface area contributed by atoms with Crippen molar-refractivity contribution in [1.82, 2.24) is 0 Å². The highest BCUT2D eigenvalue weighted by atomic mass is 35.5. The molecule has 1 aromatic heterocycles. The first-order valence-corrected chi connectivity index (χ1v) is 10.4. The van der Waals surface area contributed by atoms with Crippen LogP contribution in [0.3, 0.4) is 0 Å². The second-order valence-corrected chi connectivity index (χ2v) is 8.01. The van der Waals surface area contributed by atoms with Crippen molar-refractivity contribution < 1.29 is 27.1 Å². The van der Waals surface area contributed by atoms with E-state index in [0.29, 0.717) is 15.6 Å². The summed E-state index contributed by atoms with van der Waals surface area (Å²) in [6.07, 6.45) is -4.95. The molecule has 4 rings (SSSR count). The van der Waals surface area contributed by atoms with E-state index in [0.717, 1.165) is 5.56 Å². The van der Waals surface area contributed by atoms with Crippen LogP contribution in [0, 0.1) is 6.92 Å². The van der Waals surface area contributed by atoms with Gasteiger partial charge in [0.1, 0.15) is 23.7 Å². The summed E-state index contributed by atoms with van der Waals surface area (Å²) in [4.78, 5) is 12.9. The molecule has 0 unspecified atom stereocenters. The largest absolute Gasteiger partial charge is 0.489 e. The summed E-state index contributed by atoms with van der Waals surface area (Å²) in [6.45, 7) is 1.89. The van der Waals surface area contributed by atoms with Crippen LogP contribution in [-0.2, 0) is 12.8 Å². The number of halogens is 5. The molecular formula is C24H15Cl2F3O4. The Morgan fingerprint density at radius 2 is 1.61 bits per heavy atom. The average Bonchev–Trinajstić information content (AvgIpc) is 2.77. The average molecular weight is 495 g/mol. The third-order valence-electron chi connectivity index (χ3n) is 4.71. The van der Waals surface area contributed by atoms with Gasteiger partial charge in [-0.05, 0) is 48.9 Å². The van der Waals surface area contributed by atoms with Crippen LogP contribution in [0.15, 0.2) is 69.9 Å². The molecule has 170 valence electrons. The Bertz CT molecular complexity index is 1380. The number of hydrogen-bond acceptors (Lipinski definition) is 4. The fourth-order valence-corrected chi connectivity index (χ4v) is 3.37. The minimum absolute atomic E-state index is 0.0768. The van der Waals surface area contributed by atoms with Gasteiger partial charge in [0.15, 0.2) is 0 Å². The summed E-state index contributed by atoms with van der Waals surface area (Å²) < 4.78 is 57.1. The lowest BCUT2D eigenvalue weighted by atomic mass is 10.2. The molecule has 0 fully saturated rings. The SMILES string of the molecule is Cc1ccc(Oc2c(C(F)(F)F)oc3cc(OCc4ccc(Cl)c(Cl)c4)ccc3c2=O)cc1. The van der Waals surface area contributed by atoms with Crippen LogP contribution in [-0.4, -0.2) is 0 Å². The first-order chi connectivity index (χ1) is 15.6. The number of benzene rings is 3. The van der Waals surface area contributed by atoms with Crippen LogP contribution in [0.4, 0.5) is 13.2 Å². The molecule has 0 aliphatic heterocycles. The van der Waals surface area contributed by atoms with Gasteiger partial charge in [-0.2, -0.15) is 13.2 Å². The van der Waals surface area contributed by atoms with Crippen LogP contribution in [0.1, 0.15) is 16.9 Å². The van der Waals surface area contributed by atoms with E-state index in [4.69, 9.17) is 37.1 Å². The van der Waals surface area contributed by atoms with Crippen molar-refractivity contribution in [1.29, 1.82) is 0 Å².